The molecule has 1 unspecified atom stereocenters. The van der Waals surface area contributed by atoms with Gasteiger partial charge in [-0.15, -0.1) is 0 Å². The zero-order valence-electron chi connectivity index (χ0n) is 14.7. The van der Waals surface area contributed by atoms with Gasteiger partial charge >= 0.3 is 11.9 Å². The fourth-order valence-electron chi connectivity index (χ4n) is 3.98. The molecule has 1 aliphatic carbocycles. The largest absolute Gasteiger partial charge is 0.490 e. The predicted molar refractivity (Wildman–Crippen MR) is 91.5 cm³/mol. The van der Waals surface area contributed by atoms with Gasteiger partial charge in [-0.25, -0.2) is 4.79 Å². The van der Waals surface area contributed by atoms with Gasteiger partial charge in [0.15, 0.2) is 0 Å². The summed E-state index contributed by atoms with van der Waals surface area (Å²) in [4.78, 5) is 23.7. The number of rotatable bonds is 4. The maximum absolute atomic E-state index is 11.9. The molecule has 1 heterocycles. The third-order valence-electron chi connectivity index (χ3n) is 5.33. The van der Waals surface area contributed by atoms with Gasteiger partial charge < -0.3 is 19.5 Å². The summed E-state index contributed by atoms with van der Waals surface area (Å²) in [6.45, 7) is 0.843. The Bertz CT molecular complexity index is 632. The van der Waals surface area contributed by atoms with Gasteiger partial charge in [-0.05, 0) is 56.2 Å². The highest BCUT2D eigenvalue weighted by molar-refractivity contribution is 5.92. The van der Waals surface area contributed by atoms with Gasteiger partial charge in [-0.1, -0.05) is 12.1 Å². The summed E-state index contributed by atoms with van der Waals surface area (Å²) in [6.07, 6.45) is 3.70. The third kappa shape index (κ3) is 3.95. The minimum Gasteiger partial charge on any atom is -0.490 e. The van der Waals surface area contributed by atoms with Crippen molar-refractivity contribution < 1.29 is 23.8 Å². The van der Waals surface area contributed by atoms with Crippen molar-refractivity contribution in [3.8, 4) is 5.75 Å². The number of ether oxygens (including phenoxy) is 3. The highest BCUT2D eigenvalue weighted by Crippen LogP contribution is 2.37. The number of carbonyl (C=O) groups is 2. The van der Waals surface area contributed by atoms with Crippen LogP contribution in [0.4, 0.5) is 0 Å². The Kier molecular flexibility index (Phi) is 5.58. The average Bonchev–Trinajstić information content (AvgIpc) is 2.66. The Morgan fingerprint density at radius 3 is 2.60 bits per heavy atom. The van der Waals surface area contributed by atoms with Crippen molar-refractivity contribution in [1.82, 2.24) is 5.32 Å². The van der Waals surface area contributed by atoms with Gasteiger partial charge in [0.1, 0.15) is 17.4 Å². The lowest BCUT2D eigenvalue weighted by Crippen LogP contribution is -2.51. The molecule has 4 atom stereocenters. The molecule has 1 N–H and O–H groups in total. The van der Waals surface area contributed by atoms with Crippen LogP contribution in [0.5, 0.6) is 5.75 Å². The molecule has 0 bridgehead atoms. The lowest BCUT2D eigenvalue weighted by molar-refractivity contribution is -0.145. The van der Waals surface area contributed by atoms with E-state index in [1.165, 1.54) is 14.2 Å². The van der Waals surface area contributed by atoms with Crippen LogP contribution in [-0.2, 0) is 14.3 Å². The molecular formula is C19H25NO5. The molecule has 6 heteroatoms. The topological polar surface area (TPSA) is 73.9 Å². The summed E-state index contributed by atoms with van der Waals surface area (Å²) in [7, 11) is 2.79. The highest BCUT2D eigenvalue weighted by atomic mass is 16.5. The van der Waals surface area contributed by atoms with Crippen LogP contribution in [-0.4, -0.2) is 44.8 Å². The summed E-state index contributed by atoms with van der Waals surface area (Å²) in [5.41, 5.74) is 0.449. The Hall–Kier alpha value is -2.08. The first-order valence-corrected chi connectivity index (χ1v) is 8.77. The molecule has 6 nitrogen and oxygen atoms in total. The van der Waals surface area contributed by atoms with E-state index in [1.807, 2.05) is 6.07 Å². The maximum Gasteiger partial charge on any atom is 0.341 e. The van der Waals surface area contributed by atoms with E-state index in [0.717, 1.165) is 32.2 Å². The van der Waals surface area contributed by atoms with E-state index in [4.69, 9.17) is 14.2 Å². The number of fused-ring (bicyclic) bond motifs is 1. The minimum atomic E-state index is -0.392. The van der Waals surface area contributed by atoms with Gasteiger partial charge in [0.25, 0.3) is 0 Å². The van der Waals surface area contributed by atoms with Crippen LogP contribution in [0.2, 0.25) is 0 Å². The molecule has 2 fully saturated rings. The molecule has 25 heavy (non-hydrogen) atoms. The highest BCUT2D eigenvalue weighted by Gasteiger charge is 2.38. The molecule has 0 radical (unpaired) electrons. The van der Waals surface area contributed by atoms with Crippen LogP contribution in [0.3, 0.4) is 0 Å². The number of esters is 2. The molecular weight excluding hydrogens is 322 g/mol. The van der Waals surface area contributed by atoms with E-state index < -0.39 is 5.97 Å². The fraction of sp³-hybridized carbons (Fsp3) is 0.579. The Labute approximate surface area is 147 Å². The molecule has 3 rings (SSSR count). The molecule has 2 aliphatic rings. The summed E-state index contributed by atoms with van der Waals surface area (Å²) in [5.74, 6) is 0.969. The standard InChI is InChI=1S/C19H25NO5/c1-23-18(21)15-5-3-4-6-17(15)25-14-8-7-12-11-20-16(19(22)24-2)10-13(12)9-14/h3-6,12-14,16,20H,7-11H2,1-2H3/t12-,13+,14?,16-/m0/s1. The monoisotopic (exact) mass is 347 g/mol. The zero-order chi connectivity index (χ0) is 17.8. The van der Waals surface area contributed by atoms with Crippen molar-refractivity contribution in [2.45, 2.75) is 37.8 Å². The smallest absolute Gasteiger partial charge is 0.341 e. The van der Waals surface area contributed by atoms with Crippen molar-refractivity contribution in [2.75, 3.05) is 20.8 Å². The van der Waals surface area contributed by atoms with Crippen LogP contribution in [0.15, 0.2) is 24.3 Å². The van der Waals surface area contributed by atoms with Crippen LogP contribution in [0, 0.1) is 11.8 Å². The van der Waals surface area contributed by atoms with Gasteiger partial charge in [0.2, 0.25) is 0 Å². The second-order valence-electron chi connectivity index (χ2n) is 6.78. The molecule has 1 saturated heterocycles. The normalized spacial score (nSPS) is 28.6. The molecule has 0 spiro atoms. The van der Waals surface area contributed by atoms with Gasteiger partial charge in [-0.2, -0.15) is 0 Å². The number of piperidine rings is 1. The Morgan fingerprint density at radius 1 is 1.04 bits per heavy atom. The first kappa shape index (κ1) is 17.7. The van der Waals surface area contributed by atoms with Gasteiger partial charge in [0.05, 0.1) is 20.3 Å². The summed E-state index contributed by atoms with van der Waals surface area (Å²) < 4.78 is 15.8. The first-order valence-electron chi connectivity index (χ1n) is 8.77. The van der Waals surface area contributed by atoms with E-state index in [2.05, 4.69) is 5.32 Å². The van der Waals surface area contributed by atoms with Crippen molar-refractivity contribution >= 4 is 11.9 Å². The first-order chi connectivity index (χ1) is 12.1. The van der Waals surface area contributed by atoms with Crippen molar-refractivity contribution in [3.63, 3.8) is 0 Å². The molecule has 1 aromatic carbocycles. The summed E-state index contributed by atoms with van der Waals surface area (Å²) in [5, 5.41) is 3.29. The average molecular weight is 347 g/mol. The number of carbonyl (C=O) groups excluding carboxylic acids is 2. The fourth-order valence-corrected chi connectivity index (χ4v) is 3.98. The number of para-hydroxylation sites is 1. The summed E-state index contributed by atoms with van der Waals surface area (Å²) in [6, 6.07) is 6.94. The summed E-state index contributed by atoms with van der Waals surface area (Å²) >= 11 is 0. The van der Waals surface area contributed by atoms with Gasteiger partial charge in [0, 0.05) is 0 Å². The molecule has 0 aromatic heterocycles. The van der Waals surface area contributed by atoms with Crippen molar-refractivity contribution in [2.24, 2.45) is 11.8 Å². The lowest BCUT2D eigenvalue weighted by Gasteiger charge is -2.41. The Morgan fingerprint density at radius 2 is 1.84 bits per heavy atom. The van der Waals surface area contributed by atoms with Crippen LogP contribution < -0.4 is 10.1 Å². The number of methoxy groups -OCH3 is 2. The van der Waals surface area contributed by atoms with E-state index >= 15 is 0 Å². The number of nitrogens with one attached hydrogen (secondary N) is 1. The molecule has 1 saturated carbocycles. The molecule has 136 valence electrons. The van der Waals surface area contributed by atoms with E-state index in [0.29, 0.717) is 23.1 Å². The zero-order valence-corrected chi connectivity index (χ0v) is 14.7. The van der Waals surface area contributed by atoms with Crippen molar-refractivity contribution in [1.29, 1.82) is 0 Å². The quantitative estimate of drug-likeness (QED) is 0.842. The van der Waals surface area contributed by atoms with Crippen molar-refractivity contribution in [3.05, 3.63) is 29.8 Å². The number of hydrogen-bond acceptors (Lipinski definition) is 6. The van der Waals surface area contributed by atoms with E-state index in [9.17, 15) is 9.59 Å². The SMILES string of the molecule is COC(=O)c1ccccc1OC1CC[C@H]2CN[C@H](C(=O)OC)C[C@H]2C1. The molecule has 0 amide bonds. The van der Waals surface area contributed by atoms with E-state index in [-0.39, 0.29) is 18.1 Å². The Balaban J connectivity index is 1.66. The van der Waals surface area contributed by atoms with Crippen LogP contribution >= 0.6 is 0 Å². The number of benzene rings is 1. The van der Waals surface area contributed by atoms with Crippen LogP contribution in [0.1, 0.15) is 36.0 Å². The minimum absolute atomic E-state index is 0.0449. The second-order valence-corrected chi connectivity index (χ2v) is 6.78. The predicted octanol–water partition coefficient (Wildman–Crippen LogP) is 2.17. The van der Waals surface area contributed by atoms with Gasteiger partial charge in [-0.3, -0.25) is 4.79 Å². The lowest BCUT2D eigenvalue weighted by atomic mass is 9.72. The molecule has 1 aliphatic heterocycles. The third-order valence-corrected chi connectivity index (χ3v) is 5.33. The second kappa shape index (κ2) is 7.87. The van der Waals surface area contributed by atoms with Crippen LogP contribution in [0.25, 0.3) is 0 Å². The molecule has 1 aromatic rings. The van der Waals surface area contributed by atoms with E-state index in [1.54, 1.807) is 18.2 Å². The number of hydrogen-bond donors (Lipinski definition) is 1. The maximum atomic E-state index is 11.9.